The van der Waals surface area contributed by atoms with Crippen molar-refractivity contribution in [3.8, 4) is 0 Å². The maximum absolute atomic E-state index is 13.2. The monoisotopic (exact) mass is 458 g/mol. The Kier molecular flexibility index (Phi) is 5.40. The summed E-state index contributed by atoms with van der Waals surface area (Å²) in [6.07, 6.45) is 1.53. The Morgan fingerprint density at radius 3 is 2.55 bits per heavy atom. The molecule has 2 amide bonds. The van der Waals surface area contributed by atoms with E-state index >= 15 is 0 Å². The fraction of sp³-hybridized carbons (Fsp3) is 0.154. The van der Waals surface area contributed by atoms with Crippen LogP contribution in [-0.2, 0) is 27.2 Å². The van der Waals surface area contributed by atoms with Crippen molar-refractivity contribution in [3.63, 3.8) is 0 Å². The minimum Gasteiger partial charge on any atom is -0.297 e. The molecule has 3 aromatic rings. The van der Waals surface area contributed by atoms with Crippen LogP contribution >= 0.6 is 11.6 Å². The highest BCUT2D eigenvalue weighted by atomic mass is 35.5. The zero-order valence-electron chi connectivity index (χ0n) is 17.5. The number of hydroxylamine groups is 2. The number of fused-ring (bicyclic) bond motifs is 2. The summed E-state index contributed by atoms with van der Waals surface area (Å²) in [6, 6.07) is 18.5. The molecule has 6 nitrogen and oxygen atoms in total. The molecular formula is C26H19ClN2O4. The number of nitrogens with zero attached hydrogens (tertiary/aromatic N) is 2. The van der Waals surface area contributed by atoms with Crippen molar-refractivity contribution >= 4 is 45.7 Å². The summed E-state index contributed by atoms with van der Waals surface area (Å²) >= 11 is 6.23. The van der Waals surface area contributed by atoms with Crippen molar-refractivity contribution in [1.82, 2.24) is 5.06 Å². The summed E-state index contributed by atoms with van der Waals surface area (Å²) in [4.78, 5) is 42.2. The first-order chi connectivity index (χ1) is 15.9. The number of hydrogen-bond acceptors (Lipinski definition) is 5. The molecule has 0 bridgehead atoms. The second-order valence-electron chi connectivity index (χ2n) is 8.21. The Morgan fingerprint density at radius 1 is 0.970 bits per heavy atom. The highest BCUT2D eigenvalue weighted by Crippen LogP contribution is 2.28. The van der Waals surface area contributed by atoms with Gasteiger partial charge in [0.15, 0.2) is 5.78 Å². The van der Waals surface area contributed by atoms with E-state index in [0.29, 0.717) is 28.3 Å². The average molecular weight is 459 g/mol. The number of hydrogen-bond donors (Lipinski definition) is 1. The van der Waals surface area contributed by atoms with E-state index in [4.69, 9.17) is 16.6 Å². The quantitative estimate of drug-likeness (QED) is 0.473. The molecule has 0 aliphatic carbocycles. The molecule has 2 heterocycles. The summed E-state index contributed by atoms with van der Waals surface area (Å²) in [5.41, 5.74) is 3.06. The number of aliphatic imine (C=N–C) groups is 1. The van der Waals surface area contributed by atoms with Crippen LogP contribution in [0.3, 0.4) is 0 Å². The first kappa shape index (κ1) is 21.2. The zero-order valence-corrected chi connectivity index (χ0v) is 18.2. The number of carbonyl (C=O) groups is 3. The van der Waals surface area contributed by atoms with Crippen molar-refractivity contribution in [2.24, 2.45) is 4.99 Å². The van der Waals surface area contributed by atoms with Crippen LogP contribution in [0, 0.1) is 0 Å². The molecule has 1 unspecified atom stereocenters. The molecule has 3 aromatic carbocycles. The SMILES string of the molecule is O=C1Cc2ccc(Cl)cc2C(C2=CC(=O)N(O)C(=O)C2)=NC1Cc1ccc2ccccc2c1. The predicted octanol–water partition coefficient (Wildman–Crippen LogP) is 4.09. The molecule has 0 fully saturated rings. The molecule has 2 aliphatic rings. The lowest BCUT2D eigenvalue weighted by atomic mass is 9.92. The number of carbonyl (C=O) groups excluding carboxylic acids is 3. The van der Waals surface area contributed by atoms with Crippen molar-refractivity contribution in [1.29, 1.82) is 0 Å². The number of amides is 2. The topological polar surface area (TPSA) is 87.0 Å². The van der Waals surface area contributed by atoms with E-state index in [9.17, 15) is 19.6 Å². The molecule has 0 saturated carbocycles. The molecule has 2 aliphatic heterocycles. The molecule has 0 aromatic heterocycles. The molecule has 0 radical (unpaired) electrons. The number of rotatable bonds is 3. The maximum Gasteiger partial charge on any atom is 0.277 e. The first-order valence-electron chi connectivity index (χ1n) is 10.5. The summed E-state index contributed by atoms with van der Waals surface area (Å²) in [7, 11) is 0. The first-order valence-corrected chi connectivity index (χ1v) is 10.9. The van der Waals surface area contributed by atoms with Gasteiger partial charge in [-0.2, -0.15) is 5.06 Å². The Bertz CT molecular complexity index is 1390. The van der Waals surface area contributed by atoms with Gasteiger partial charge in [0.05, 0.1) is 12.1 Å². The van der Waals surface area contributed by atoms with E-state index in [-0.39, 0.29) is 23.7 Å². The Hall–Kier alpha value is -3.61. The van der Waals surface area contributed by atoms with Gasteiger partial charge >= 0.3 is 0 Å². The third-order valence-electron chi connectivity index (χ3n) is 5.98. The molecule has 0 saturated heterocycles. The smallest absolute Gasteiger partial charge is 0.277 e. The van der Waals surface area contributed by atoms with Crippen LogP contribution in [-0.4, -0.2) is 39.6 Å². The normalized spacial score (nSPS) is 18.7. The largest absolute Gasteiger partial charge is 0.297 e. The lowest BCUT2D eigenvalue weighted by molar-refractivity contribution is -0.176. The van der Waals surface area contributed by atoms with E-state index in [1.807, 2.05) is 42.5 Å². The second-order valence-corrected chi connectivity index (χ2v) is 8.65. The van der Waals surface area contributed by atoms with Gasteiger partial charge in [-0.15, -0.1) is 0 Å². The van der Waals surface area contributed by atoms with E-state index in [1.54, 1.807) is 18.2 Å². The van der Waals surface area contributed by atoms with E-state index < -0.39 is 17.9 Å². The van der Waals surface area contributed by atoms with Crippen LogP contribution in [0.5, 0.6) is 0 Å². The van der Waals surface area contributed by atoms with Crippen LogP contribution in [0.4, 0.5) is 0 Å². The summed E-state index contributed by atoms with van der Waals surface area (Å²) in [5, 5.41) is 12.3. The van der Waals surface area contributed by atoms with Crippen LogP contribution in [0.2, 0.25) is 5.02 Å². The molecule has 1 N–H and O–H groups in total. The molecule has 7 heteroatoms. The van der Waals surface area contributed by atoms with Gasteiger partial charge in [0.1, 0.15) is 6.04 Å². The number of Topliss-reactive ketones (excluding diaryl/α,β-unsaturated/α-hetero) is 1. The third kappa shape index (κ3) is 4.11. The number of benzene rings is 3. The lowest BCUT2D eigenvalue weighted by Crippen LogP contribution is -2.37. The fourth-order valence-corrected chi connectivity index (χ4v) is 4.48. The van der Waals surface area contributed by atoms with Crippen molar-refractivity contribution in [3.05, 3.63) is 94.0 Å². The minimum absolute atomic E-state index is 0.0559. The van der Waals surface area contributed by atoms with Crippen LogP contribution in [0.15, 0.2) is 77.3 Å². The van der Waals surface area contributed by atoms with Crippen LogP contribution in [0.25, 0.3) is 10.8 Å². The van der Waals surface area contributed by atoms with Gasteiger partial charge in [-0.05, 0) is 39.6 Å². The van der Waals surface area contributed by atoms with Gasteiger partial charge in [-0.1, -0.05) is 60.1 Å². The Morgan fingerprint density at radius 2 is 1.76 bits per heavy atom. The van der Waals surface area contributed by atoms with Crippen LogP contribution < -0.4 is 0 Å². The molecular weight excluding hydrogens is 440 g/mol. The van der Waals surface area contributed by atoms with Crippen LogP contribution in [0.1, 0.15) is 23.1 Å². The molecule has 5 rings (SSSR count). The van der Waals surface area contributed by atoms with Gasteiger partial charge in [-0.3, -0.25) is 24.6 Å². The fourth-order valence-electron chi connectivity index (χ4n) is 4.30. The van der Waals surface area contributed by atoms with Gasteiger partial charge in [-0.25, -0.2) is 0 Å². The summed E-state index contributed by atoms with van der Waals surface area (Å²) in [6.45, 7) is 0. The van der Waals surface area contributed by atoms with Gasteiger partial charge < -0.3 is 0 Å². The third-order valence-corrected chi connectivity index (χ3v) is 6.21. The number of imide groups is 1. The predicted molar refractivity (Wildman–Crippen MR) is 124 cm³/mol. The van der Waals surface area contributed by atoms with Crippen molar-refractivity contribution in [2.75, 3.05) is 0 Å². The maximum atomic E-state index is 13.2. The van der Waals surface area contributed by atoms with E-state index in [2.05, 4.69) is 0 Å². The summed E-state index contributed by atoms with van der Waals surface area (Å²) in [5.74, 6) is -1.64. The van der Waals surface area contributed by atoms with E-state index in [1.165, 1.54) is 6.08 Å². The van der Waals surface area contributed by atoms with Crippen molar-refractivity contribution < 1.29 is 19.6 Å². The minimum atomic E-state index is -0.839. The average Bonchev–Trinajstić information content (AvgIpc) is 2.93. The molecule has 33 heavy (non-hydrogen) atoms. The van der Waals surface area contributed by atoms with Gasteiger partial charge in [0, 0.05) is 29.5 Å². The summed E-state index contributed by atoms with van der Waals surface area (Å²) < 4.78 is 0. The van der Waals surface area contributed by atoms with E-state index in [0.717, 1.165) is 21.9 Å². The van der Waals surface area contributed by atoms with Gasteiger partial charge in [0.2, 0.25) is 0 Å². The molecule has 1 atom stereocenters. The van der Waals surface area contributed by atoms with Crippen molar-refractivity contribution in [2.45, 2.75) is 25.3 Å². The number of ketones is 1. The highest BCUT2D eigenvalue weighted by Gasteiger charge is 2.32. The standard InChI is InChI=1S/C26H19ClN2O4/c27-20-8-7-18-11-23(30)22(10-15-5-6-16-3-1-2-4-17(16)9-15)28-26(21(18)14-20)19-12-24(31)29(33)25(32)13-19/h1-9,12,14,22,33H,10-11,13H2. The highest BCUT2D eigenvalue weighted by molar-refractivity contribution is 6.31. The van der Waals surface area contributed by atoms with Gasteiger partial charge in [0.25, 0.3) is 11.8 Å². The molecule has 0 spiro atoms. The second kappa shape index (κ2) is 8.39. The zero-order chi connectivity index (χ0) is 23.1. The number of halogens is 1. The Labute approximate surface area is 194 Å². The lowest BCUT2D eigenvalue weighted by Gasteiger charge is -2.21. The molecule has 164 valence electrons. The Balaban J connectivity index is 1.59.